The monoisotopic (exact) mass is 291 g/mol. The second-order valence-corrected chi connectivity index (χ2v) is 5.46. The third-order valence-electron chi connectivity index (χ3n) is 3.71. The lowest BCUT2D eigenvalue weighted by atomic mass is 9.75. The van der Waals surface area contributed by atoms with Gasteiger partial charge in [0.1, 0.15) is 0 Å². The first-order valence-corrected chi connectivity index (χ1v) is 6.87. The fourth-order valence-corrected chi connectivity index (χ4v) is 2.69. The van der Waals surface area contributed by atoms with Crippen LogP contribution in [0.3, 0.4) is 0 Å². The molecule has 1 aromatic carbocycles. The maximum absolute atomic E-state index is 9.89. The van der Waals surface area contributed by atoms with Crippen molar-refractivity contribution in [3.8, 4) is 0 Å². The number of halogens is 1. The molecular weight excluding hydrogens is 274 g/mol. The Labute approximate surface area is 123 Å². The summed E-state index contributed by atoms with van der Waals surface area (Å²) in [4.78, 5) is 3.96. The molecule has 1 heterocycles. The third-order valence-corrected chi connectivity index (χ3v) is 4.05. The minimum atomic E-state index is -0.740. The van der Waals surface area contributed by atoms with Crippen LogP contribution in [0.1, 0.15) is 16.7 Å². The molecule has 0 spiro atoms. The van der Waals surface area contributed by atoms with Crippen LogP contribution in [-0.4, -0.2) is 28.4 Å². The van der Waals surface area contributed by atoms with Gasteiger partial charge in [-0.1, -0.05) is 35.9 Å². The molecule has 2 rings (SSSR count). The van der Waals surface area contributed by atoms with Gasteiger partial charge in [0.2, 0.25) is 0 Å². The largest absolute Gasteiger partial charge is 0.395 e. The smallest absolute Gasteiger partial charge is 0.0621 e. The average molecular weight is 292 g/mol. The second kappa shape index (κ2) is 6.35. The van der Waals surface area contributed by atoms with Gasteiger partial charge in [-0.25, -0.2) is 0 Å². The first-order valence-electron chi connectivity index (χ1n) is 6.49. The molecule has 4 heteroatoms. The lowest BCUT2D eigenvalue weighted by molar-refractivity contribution is 0.116. The summed E-state index contributed by atoms with van der Waals surface area (Å²) in [7, 11) is 0. The molecule has 0 atom stereocenters. The quantitative estimate of drug-likeness (QED) is 0.890. The number of rotatable bonds is 5. The molecule has 0 aliphatic carbocycles. The van der Waals surface area contributed by atoms with Crippen LogP contribution in [-0.2, 0) is 11.8 Å². The van der Waals surface area contributed by atoms with Crippen molar-refractivity contribution in [2.24, 2.45) is 0 Å². The molecule has 106 valence electrons. The van der Waals surface area contributed by atoms with Crippen molar-refractivity contribution >= 4 is 11.6 Å². The zero-order valence-corrected chi connectivity index (χ0v) is 12.1. The Morgan fingerprint density at radius 2 is 1.85 bits per heavy atom. The molecule has 0 saturated heterocycles. The molecule has 0 aliphatic heterocycles. The Balaban J connectivity index is 2.46. The summed E-state index contributed by atoms with van der Waals surface area (Å²) in [5.41, 5.74) is 2.11. The van der Waals surface area contributed by atoms with Crippen molar-refractivity contribution in [2.45, 2.75) is 18.8 Å². The molecule has 2 N–H and O–H groups in total. The van der Waals surface area contributed by atoms with Gasteiger partial charge in [0.25, 0.3) is 0 Å². The molecule has 1 aromatic heterocycles. The van der Waals surface area contributed by atoms with E-state index in [1.807, 2.05) is 37.3 Å². The van der Waals surface area contributed by atoms with E-state index in [0.717, 1.165) is 16.7 Å². The van der Waals surface area contributed by atoms with Gasteiger partial charge in [-0.05, 0) is 36.1 Å². The Morgan fingerprint density at radius 3 is 2.45 bits per heavy atom. The molecule has 2 aromatic rings. The van der Waals surface area contributed by atoms with Crippen LogP contribution in [0.15, 0.2) is 42.7 Å². The van der Waals surface area contributed by atoms with Crippen LogP contribution in [0.4, 0.5) is 0 Å². The van der Waals surface area contributed by atoms with E-state index >= 15 is 0 Å². The van der Waals surface area contributed by atoms with Crippen molar-refractivity contribution < 1.29 is 10.2 Å². The minimum Gasteiger partial charge on any atom is -0.395 e. The Bertz CT molecular complexity index is 582. The summed E-state index contributed by atoms with van der Waals surface area (Å²) in [6, 6.07) is 9.59. The number of aliphatic hydroxyl groups is 2. The predicted octanol–water partition coefficient (Wildman–Crippen LogP) is 2.51. The van der Waals surface area contributed by atoms with Crippen molar-refractivity contribution in [2.75, 3.05) is 13.2 Å². The summed E-state index contributed by atoms with van der Waals surface area (Å²) in [6.45, 7) is 1.68. The van der Waals surface area contributed by atoms with Crippen LogP contribution < -0.4 is 0 Å². The summed E-state index contributed by atoms with van der Waals surface area (Å²) >= 11 is 6.15. The van der Waals surface area contributed by atoms with Gasteiger partial charge in [-0.3, -0.25) is 4.98 Å². The Hall–Kier alpha value is -1.42. The van der Waals surface area contributed by atoms with E-state index in [1.165, 1.54) is 0 Å². The first kappa shape index (κ1) is 15.0. The lowest BCUT2D eigenvalue weighted by Crippen LogP contribution is -2.38. The van der Waals surface area contributed by atoms with E-state index in [1.54, 1.807) is 12.4 Å². The van der Waals surface area contributed by atoms with E-state index in [4.69, 9.17) is 11.6 Å². The SMILES string of the molecule is Cc1ccccc1C(CO)(CO)Cc1ccncc1Cl. The minimum absolute atomic E-state index is 0.146. The molecule has 3 nitrogen and oxygen atoms in total. The highest BCUT2D eigenvalue weighted by Gasteiger charge is 2.33. The van der Waals surface area contributed by atoms with Gasteiger partial charge in [0.15, 0.2) is 0 Å². The molecule has 20 heavy (non-hydrogen) atoms. The number of aryl methyl sites for hydroxylation is 1. The maximum atomic E-state index is 9.89. The normalized spacial score (nSPS) is 11.6. The second-order valence-electron chi connectivity index (χ2n) is 5.06. The third kappa shape index (κ3) is 2.85. The fraction of sp³-hybridized carbons (Fsp3) is 0.312. The van der Waals surface area contributed by atoms with Crippen LogP contribution in [0.2, 0.25) is 5.02 Å². The van der Waals surface area contributed by atoms with E-state index < -0.39 is 5.41 Å². The highest BCUT2D eigenvalue weighted by atomic mass is 35.5. The zero-order chi connectivity index (χ0) is 14.6. The molecule has 0 fully saturated rings. The average Bonchev–Trinajstić information content (AvgIpc) is 2.48. The number of benzene rings is 1. The molecule has 0 amide bonds. The van der Waals surface area contributed by atoms with Gasteiger partial charge in [0.05, 0.1) is 18.2 Å². The molecule has 0 radical (unpaired) electrons. The summed E-state index contributed by atoms with van der Waals surface area (Å²) in [5.74, 6) is 0. The van der Waals surface area contributed by atoms with E-state index in [9.17, 15) is 10.2 Å². The number of pyridine rings is 1. The van der Waals surface area contributed by atoms with E-state index in [-0.39, 0.29) is 13.2 Å². The van der Waals surface area contributed by atoms with Crippen LogP contribution in [0.25, 0.3) is 0 Å². The standard InChI is InChI=1S/C16H18ClNO2/c1-12-4-2-3-5-14(12)16(10-19,11-20)8-13-6-7-18-9-15(13)17/h2-7,9,19-20H,8,10-11H2,1H3. The van der Waals surface area contributed by atoms with E-state index in [0.29, 0.717) is 11.4 Å². The number of nitrogens with zero attached hydrogens (tertiary/aromatic N) is 1. The lowest BCUT2D eigenvalue weighted by Gasteiger charge is -2.32. The van der Waals surface area contributed by atoms with Crippen LogP contribution in [0.5, 0.6) is 0 Å². The topological polar surface area (TPSA) is 53.4 Å². The summed E-state index contributed by atoms with van der Waals surface area (Å²) in [5, 5.41) is 20.3. The molecule has 0 unspecified atom stereocenters. The highest BCUT2D eigenvalue weighted by molar-refractivity contribution is 6.31. The number of aromatic nitrogens is 1. The van der Waals surface area contributed by atoms with Gasteiger partial charge in [-0.2, -0.15) is 0 Å². The van der Waals surface area contributed by atoms with Crippen molar-refractivity contribution in [3.05, 3.63) is 64.4 Å². The zero-order valence-electron chi connectivity index (χ0n) is 11.4. The van der Waals surface area contributed by atoms with Gasteiger partial charge < -0.3 is 10.2 Å². The Kier molecular flexibility index (Phi) is 4.76. The summed E-state index contributed by atoms with van der Waals surface area (Å²) in [6.07, 6.45) is 3.71. The first-order chi connectivity index (χ1) is 9.63. The van der Waals surface area contributed by atoms with Crippen LogP contribution >= 0.6 is 11.6 Å². The van der Waals surface area contributed by atoms with Gasteiger partial charge in [-0.15, -0.1) is 0 Å². The van der Waals surface area contributed by atoms with Crippen molar-refractivity contribution in [1.29, 1.82) is 0 Å². The number of hydrogen-bond acceptors (Lipinski definition) is 3. The van der Waals surface area contributed by atoms with Crippen LogP contribution in [0, 0.1) is 6.92 Å². The molecule has 0 aliphatic rings. The van der Waals surface area contributed by atoms with Gasteiger partial charge in [0, 0.05) is 17.8 Å². The van der Waals surface area contributed by atoms with Crippen molar-refractivity contribution in [3.63, 3.8) is 0 Å². The number of hydrogen-bond donors (Lipinski definition) is 2. The fourth-order valence-electron chi connectivity index (χ4n) is 2.51. The van der Waals surface area contributed by atoms with Gasteiger partial charge >= 0.3 is 0 Å². The van der Waals surface area contributed by atoms with E-state index in [2.05, 4.69) is 4.98 Å². The van der Waals surface area contributed by atoms with Crippen molar-refractivity contribution in [1.82, 2.24) is 4.98 Å². The Morgan fingerprint density at radius 1 is 1.15 bits per heavy atom. The highest BCUT2D eigenvalue weighted by Crippen LogP contribution is 2.32. The summed E-state index contributed by atoms with van der Waals surface area (Å²) < 4.78 is 0. The maximum Gasteiger partial charge on any atom is 0.0621 e. The predicted molar refractivity (Wildman–Crippen MR) is 80.0 cm³/mol. The molecule has 0 saturated carbocycles. The molecular formula is C16H18ClNO2. The molecule has 0 bridgehead atoms. The number of aliphatic hydroxyl groups excluding tert-OH is 2.